The molecule has 150 valence electrons. The smallest absolute Gasteiger partial charge is 0.416 e. The van der Waals surface area contributed by atoms with Crippen LogP contribution >= 0.6 is 0 Å². The predicted molar refractivity (Wildman–Crippen MR) is 102 cm³/mol. The van der Waals surface area contributed by atoms with Crippen LogP contribution in [0.2, 0.25) is 0 Å². The average Bonchev–Trinajstić information content (AvgIpc) is 2.67. The minimum absolute atomic E-state index is 0.306. The number of nitrogens with one attached hydrogen (secondary N) is 1. The van der Waals surface area contributed by atoms with Gasteiger partial charge >= 0.3 is 12.1 Å². The van der Waals surface area contributed by atoms with E-state index in [1.165, 1.54) is 19.2 Å². The molecule has 2 rings (SSSR count). The molecule has 0 bridgehead atoms. The van der Waals surface area contributed by atoms with Gasteiger partial charge in [0.15, 0.2) is 0 Å². The Hall–Kier alpha value is -2.96. The third-order valence-electron chi connectivity index (χ3n) is 4.12. The molecule has 0 spiro atoms. The Kier molecular flexibility index (Phi) is 7.09. The second-order valence-corrected chi connectivity index (χ2v) is 6.03. The van der Waals surface area contributed by atoms with Crippen LogP contribution in [0.1, 0.15) is 36.5 Å². The first-order chi connectivity index (χ1) is 13.3. The lowest BCUT2D eigenvalue weighted by Crippen LogP contribution is -2.13. The molecule has 2 aromatic rings. The highest BCUT2D eigenvalue weighted by molar-refractivity contribution is 5.78. The Morgan fingerprint density at radius 1 is 1.18 bits per heavy atom. The molecule has 0 aliphatic heterocycles. The zero-order chi connectivity index (χ0) is 20.7. The van der Waals surface area contributed by atoms with Crippen molar-refractivity contribution in [3.05, 3.63) is 65.4 Å². The maximum atomic E-state index is 12.6. The van der Waals surface area contributed by atoms with Gasteiger partial charge in [0, 0.05) is 6.20 Å². The first-order valence-electron chi connectivity index (χ1n) is 8.71. The van der Waals surface area contributed by atoms with E-state index in [9.17, 15) is 18.0 Å². The Bertz CT molecular complexity index is 830. The fourth-order valence-electron chi connectivity index (χ4n) is 2.52. The number of hydrogen-bond donors (Lipinski definition) is 1. The monoisotopic (exact) mass is 393 g/mol. The number of hydrogen-bond acceptors (Lipinski definition) is 4. The molecule has 0 aromatic heterocycles. The van der Waals surface area contributed by atoms with Gasteiger partial charge in [-0.2, -0.15) is 13.2 Å². The zero-order valence-electron chi connectivity index (χ0n) is 15.8. The number of halogens is 3. The van der Waals surface area contributed by atoms with Gasteiger partial charge < -0.3 is 14.8 Å². The van der Waals surface area contributed by atoms with Crippen molar-refractivity contribution >= 4 is 17.7 Å². The number of rotatable bonds is 7. The molecule has 1 unspecified atom stereocenters. The molecule has 7 heteroatoms. The summed E-state index contributed by atoms with van der Waals surface area (Å²) >= 11 is 0. The first kappa shape index (κ1) is 21.3. The van der Waals surface area contributed by atoms with Crippen molar-refractivity contribution < 1.29 is 27.4 Å². The SMILES string of the molecule is CCOC(=O)C(C)c1ccc(OC)c(NC=Cc2ccc(C(F)(F)F)cc2)c1. The predicted octanol–water partition coefficient (Wildman–Crippen LogP) is 5.46. The highest BCUT2D eigenvalue weighted by Gasteiger charge is 2.29. The van der Waals surface area contributed by atoms with Crippen LogP contribution in [-0.2, 0) is 15.7 Å². The van der Waals surface area contributed by atoms with Crippen LogP contribution < -0.4 is 10.1 Å². The molecule has 0 saturated carbocycles. The van der Waals surface area contributed by atoms with Crippen molar-refractivity contribution in [2.45, 2.75) is 25.9 Å². The maximum Gasteiger partial charge on any atom is 0.416 e. The largest absolute Gasteiger partial charge is 0.495 e. The summed E-state index contributed by atoms with van der Waals surface area (Å²) in [7, 11) is 1.52. The van der Waals surface area contributed by atoms with Crippen molar-refractivity contribution in [1.82, 2.24) is 0 Å². The molecule has 0 amide bonds. The van der Waals surface area contributed by atoms with Crippen molar-refractivity contribution in [2.24, 2.45) is 0 Å². The first-order valence-corrected chi connectivity index (χ1v) is 8.71. The number of carbonyl (C=O) groups excluding carboxylic acids is 1. The van der Waals surface area contributed by atoms with E-state index in [1.54, 1.807) is 44.3 Å². The highest BCUT2D eigenvalue weighted by Crippen LogP contribution is 2.30. The Labute approximate surface area is 162 Å². The van der Waals surface area contributed by atoms with Gasteiger partial charge in [0.05, 0.1) is 30.9 Å². The number of methoxy groups -OCH3 is 1. The quantitative estimate of drug-likeness (QED) is 0.635. The standard InChI is InChI=1S/C21H22F3NO3/c1-4-28-20(26)14(2)16-7-10-19(27-3)18(13-16)25-12-11-15-5-8-17(9-6-15)21(22,23)24/h5-14,25H,4H2,1-3H3. The molecule has 0 fully saturated rings. The van der Waals surface area contributed by atoms with Gasteiger partial charge in [-0.15, -0.1) is 0 Å². The topological polar surface area (TPSA) is 47.6 Å². The third kappa shape index (κ3) is 5.52. The van der Waals surface area contributed by atoms with E-state index in [4.69, 9.17) is 9.47 Å². The molecular formula is C21H22F3NO3. The number of ether oxygens (including phenoxy) is 2. The average molecular weight is 393 g/mol. The second kappa shape index (κ2) is 9.30. The summed E-state index contributed by atoms with van der Waals surface area (Å²) in [5.74, 6) is -0.193. The van der Waals surface area contributed by atoms with Crippen LogP contribution in [0, 0.1) is 0 Å². The van der Waals surface area contributed by atoms with Crippen LogP contribution in [0.15, 0.2) is 48.7 Å². The Balaban J connectivity index is 2.15. The van der Waals surface area contributed by atoms with Crippen LogP contribution in [-0.4, -0.2) is 19.7 Å². The molecule has 0 radical (unpaired) electrons. The minimum Gasteiger partial charge on any atom is -0.495 e. The van der Waals surface area contributed by atoms with Gasteiger partial charge in [-0.3, -0.25) is 4.79 Å². The fraction of sp³-hybridized carbons (Fsp3) is 0.286. The Morgan fingerprint density at radius 2 is 1.86 bits per heavy atom. The van der Waals surface area contributed by atoms with Gasteiger partial charge in [0.2, 0.25) is 0 Å². The van der Waals surface area contributed by atoms with Crippen molar-refractivity contribution in [3.63, 3.8) is 0 Å². The lowest BCUT2D eigenvalue weighted by atomic mass is 10.0. The van der Waals surface area contributed by atoms with Crippen molar-refractivity contribution in [2.75, 3.05) is 19.0 Å². The normalized spacial score (nSPS) is 12.6. The molecule has 0 aliphatic rings. The van der Waals surface area contributed by atoms with Gasteiger partial charge in [0.25, 0.3) is 0 Å². The summed E-state index contributed by atoms with van der Waals surface area (Å²) in [6.45, 7) is 3.81. The van der Waals surface area contributed by atoms with Gasteiger partial charge in [0.1, 0.15) is 5.75 Å². The molecule has 1 atom stereocenters. The van der Waals surface area contributed by atoms with E-state index >= 15 is 0 Å². The molecule has 28 heavy (non-hydrogen) atoms. The highest BCUT2D eigenvalue weighted by atomic mass is 19.4. The molecule has 0 aliphatic carbocycles. The van der Waals surface area contributed by atoms with Crippen LogP contribution in [0.3, 0.4) is 0 Å². The van der Waals surface area contributed by atoms with Crippen LogP contribution in [0.25, 0.3) is 6.08 Å². The summed E-state index contributed by atoms with van der Waals surface area (Å²) in [5, 5.41) is 3.04. The summed E-state index contributed by atoms with van der Waals surface area (Å²) in [6.07, 6.45) is -1.12. The van der Waals surface area contributed by atoms with Crippen molar-refractivity contribution in [3.8, 4) is 5.75 Å². The zero-order valence-corrected chi connectivity index (χ0v) is 15.8. The van der Waals surface area contributed by atoms with Crippen LogP contribution in [0.5, 0.6) is 5.75 Å². The van der Waals surface area contributed by atoms with Crippen molar-refractivity contribution in [1.29, 1.82) is 0 Å². The Morgan fingerprint density at radius 3 is 2.43 bits per heavy atom. The number of esters is 1. The van der Waals surface area contributed by atoms with Gasteiger partial charge in [-0.25, -0.2) is 0 Å². The maximum absolute atomic E-state index is 12.6. The minimum atomic E-state index is -4.36. The van der Waals surface area contributed by atoms with E-state index in [-0.39, 0.29) is 5.97 Å². The second-order valence-electron chi connectivity index (χ2n) is 6.03. The molecule has 4 nitrogen and oxygen atoms in total. The van der Waals surface area contributed by atoms with E-state index in [1.807, 2.05) is 0 Å². The van der Waals surface area contributed by atoms with Gasteiger partial charge in [-0.1, -0.05) is 18.2 Å². The summed E-state index contributed by atoms with van der Waals surface area (Å²) < 4.78 is 48.2. The third-order valence-corrected chi connectivity index (χ3v) is 4.12. The molecule has 0 saturated heterocycles. The van der Waals surface area contributed by atoms with E-state index in [0.29, 0.717) is 23.6 Å². The summed E-state index contributed by atoms with van der Waals surface area (Å²) in [5.41, 5.74) is 1.29. The number of anilines is 1. The summed E-state index contributed by atoms with van der Waals surface area (Å²) in [4.78, 5) is 11.9. The van der Waals surface area contributed by atoms with E-state index in [2.05, 4.69) is 5.32 Å². The summed E-state index contributed by atoms with van der Waals surface area (Å²) in [6, 6.07) is 10.1. The van der Waals surface area contributed by atoms with Crippen LogP contribution in [0.4, 0.5) is 18.9 Å². The fourth-order valence-corrected chi connectivity index (χ4v) is 2.52. The molecule has 0 heterocycles. The van der Waals surface area contributed by atoms with Gasteiger partial charge in [-0.05, 0) is 55.3 Å². The molecule has 2 aromatic carbocycles. The number of alkyl halides is 3. The number of benzene rings is 2. The van der Waals surface area contributed by atoms with E-state index < -0.39 is 17.7 Å². The lowest BCUT2D eigenvalue weighted by Gasteiger charge is -2.14. The molecular weight excluding hydrogens is 371 g/mol. The lowest BCUT2D eigenvalue weighted by molar-refractivity contribution is -0.144. The molecule has 1 N–H and O–H groups in total. The number of carbonyl (C=O) groups is 1. The van der Waals surface area contributed by atoms with E-state index in [0.717, 1.165) is 17.7 Å².